The van der Waals surface area contributed by atoms with E-state index in [0.29, 0.717) is 29.2 Å². The van der Waals surface area contributed by atoms with E-state index in [2.05, 4.69) is 36.9 Å². The summed E-state index contributed by atoms with van der Waals surface area (Å²) in [7, 11) is 1.67. The largest absolute Gasteiger partial charge is 0.496 e. The molecule has 38 heavy (non-hydrogen) atoms. The standard InChI is InChI=1S/C33H39N3O2/c1-4-24(5-2)21-35-19-11-12-25(22-35)23-36-32(28-15-9-10-16-31(28)38-3)34-30-18-17-27(20-29(30)33(36)37)26-13-7-6-8-14-26/h6-10,13-18,20,24-25H,4-5,11-12,19,21-23H2,1-3H3/t25-/m1/s1. The maximum atomic E-state index is 14.2. The number of hydrogen-bond acceptors (Lipinski definition) is 4. The molecule has 4 aromatic rings. The predicted molar refractivity (Wildman–Crippen MR) is 157 cm³/mol. The summed E-state index contributed by atoms with van der Waals surface area (Å²) in [6, 6.07) is 24.1. The van der Waals surface area contributed by atoms with Gasteiger partial charge in [0.25, 0.3) is 5.56 Å². The topological polar surface area (TPSA) is 47.4 Å². The Morgan fingerprint density at radius 1 is 0.974 bits per heavy atom. The number of para-hydroxylation sites is 1. The Kier molecular flexibility index (Phi) is 8.23. The number of rotatable bonds is 9. The summed E-state index contributed by atoms with van der Waals surface area (Å²) in [4.78, 5) is 21.9. The van der Waals surface area contributed by atoms with Crippen molar-refractivity contribution in [3.63, 3.8) is 0 Å². The first-order valence-electron chi connectivity index (χ1n) is 14.1. The summed E-state index contributed by atoms with van der Waals surface area (Å²) >= 11 is 0. The van der Waals surface area contributed by atoms with Crippen molar-refractivity contribution < 1.29 is 4.74 Å². The van der Waals surface area contributed by atoms with Crippen molar-refractivity contribution in [2.45, 2.75) is 46.1 Å². The van der Waals surface area contributed by atoms with Gasteiger partial charge in [-0.1, -0.05) is 75.2 Å². The second kappa shape index (κ2) is 12.0. The number of benzene rings is 3. The zero-order chi connectivity index (χ0) is 26.5. The molecule has 198 valence electrons. The van der Waals surface area contributed by atoms with E-state index in [1.165, 1.54) is 19.3 Å². The Morgan fingerprint density at radius 2 is 1.74 bits per heavy atom. The van der Waals surface area contributed by atoms with Gasteiger partial charge < -0.3 is 9.64 Å². The molecule has 0 aliphatic carbocycles. The number of fused-ring (bicyclic) bond motifs is 1. The van der Waals surface area contributed by atoms with E-state index in [1.807, 2.05) is 59.2 Å². The normalized spacial score (nSPS) is 16.3. The molecule has 5 heteroatoms. The van der Waals surface area contributed by atoms with Crippen molar-refractivity contribution in [3.8, 4) is 28.3 Å². The van der Waals surface area contributed by atoms with E-state index >= 15 is 0 Å². The van der Waals surface area contributed by atoms with Gasteiger partial charge in [-0.3, -0.25) is 9.36 Å². The van der Waals surface area contributed by atoms with Gasteiger partial charge in [0.2, 0.25) is 0 Å². The summed E-state index contributed by atoms with van der Waals surface area (Å²) in [5.74, 6) is 2.55. The molecule has 0 saturated carbocycles. The lowest BCUT2D eigenvalue weighted by molar-refractivity contribution is 0.138. The maximum Gasteiger partial charge on any atom is 0.261 e. The lowest BCUT2D eigenvalue weighted by Crippen LogP contribution is -2.41. The van der Waals surface area contributed by atoms with Gasteiger partial charge in [-0.2, -0.15) is 0 Å². The Hall–Kier alpha value is -3.44. The Balaban J connectivity index is 1.58. The van der Waals surface area contributed by atoms with Crippen molar-refractivity contribution in [1.29, 1.82) is 0 Å². The number of nitrogens with zero attached hydrogens (tertiary/aromatic N) is 3. The predicted octanol–water partition coefficient (Wildman–Crippen LogP) is 6.89. The van der Waals surface area contributed by atoms with E-state index in [9.17, 15) is 4.79 Å². The SMILES string of the molecule is CCC(CC)CN1CCC[C@@H](Cn2c(-c3ccccc3OC)nc3ccc(-c4ccccc4)cc3c2=O)C1. The molecule has 5 nitrogen and oxygen atoms in total. The van der Waals surface area contributed by atoms with Gasteiger partial charge in [-0.25, -0.2) is 4.98 Å². The number of piperidine rings is 1. The molecule has 1 fully saturated rings. The van der Waals surface area contributed by atoms with E-state index in [4.69, 9.17) is 9.72 Å². The monoisotopic (exact) mass is 509 g/mol. The molecule has 1 aromatic heterocycles. The molecule has 1 aliphatic heterocycles. The van der Waals surface area contributed by atoms with Crippen LogP contribution in [0.15, 0.2) is 77.6 Å². The van der Waals surface area contributed by atoms with E-state index < -0.39 is 0 Å². The molecule has 0 unspecified atom stereocenters. The fourth-order valence-corrected chi connectivity index (χ4v) is 5.87. The fourth-order valence-electron chi connectivity index (χ4n) is 5.87. The third-order valence-electron chi connectivity index (χ3n) is 8.12. The summed E-state index contributed by atoms with van der Waals surface area (Å²) in [5, 5.41) is 0.662. The molecule has 1 atom stereocenters. The van der Waals surface area contributed by atoms with E-state index in [-0.39, 0.29) is 5.56 Å². The van der Waals surface area contributed by atoms with Gasteiger partial charge in [0.05, 0.1) is 23.6 Å². The zero-order valence-corrected chi connectivity index (χ0v) is 22.9. The quantitative estimate of drug-likeness (QED) is 0.247. The van der Waals surface area contributed by atoms with E-state index in [0.717, 1.165) is 54.4 Å². The van der Waals surface area contributed by atoms with Crippen LogP contribution in [0.5, 0.6) is 5.75 Å². The number of methoxy groups -OCH3 is 1. The van der Waals surface area contributed by atoms with Crippen LogP contribution in [0.3, 0.4) is 0 Å². The third-order valence-corrected chi connectivity index (χ3v) is 8.12. The van der Waals surface area contributed by atoms with E-state index in [1.54, 1.807) is 7.11 Å². The summed E-state index contributed by atoms with van der Waals surface area (Å²) < 4.78 is 7.61. The minimum absolute atomic E-state index is 0.0193. The minimum Gasteiger partial charge on any atom is -0.496 e. The highest BCUT2D eigenvalue weighted by atomic mass is 16.5. The Bertz CT molecular complexity index is 1430. The first-order valence-corrected chi connectivity index (χ1v) is 14.1. The molecule has 1 aliphatic rings. The lowest BCUT2D eigenvalue weighted by Gasteiger charge is -2.35. The summed E-state index contributed by atoms with van der Waals surface area (Å²) in [5.41, 5.74) is 3.71. The van der Waals surface area contributed by atoms with Gasteiger partial charge >= 0.3 is 0 Å². The average Bonchev–Trinajstić information content (AvgIpc) is 2.97. The molecule has 5 rings (SSSR count). The molecule has 0 spiro atoms. The van der Waals surface area contributed by atoms with Crippen LogP contribution in [-0.2, 0) is 6.54 Å². The van der Waals surface area contributed by atoms with Crippen LogP contribution in [0.4, 0.5) is 0 Å². The van der Waals surface area contributed by atoms with Gasteiger partial charge in [0.15, 0.2) is 0 Å². The maximum absolute atomic E-state index is 14.2. The average molecular weight is 510 g/mol. The van der Waals surface area contributed by atoms with Crippen LogP contribution in [-0.4, -0.2) is 41.2 Å². The number of aromatic nitrogens is 2. The van der Waals surface area contributed by atoms with Crippen LogP contribution < -0.4 is 10.3 Å². The van der Waals surface area contributed by atoms with Crippen LogP contribution in [0.25, 0.3) is 33.4 Å². The molecule has 0 bridgehead atoms. The summed E-state index contributed by atoms with van der Waals surface area (Å²) in [6.07, 6.45) is 4.73. The van der Waals surface area contributed by atoms with Gasteiger partial charge in [-0.15, -0.1) is 0 Å². The van der Waals surface area contributed by atoms with Gasteiger partial charge in [0.1, 0.15) is 11.6 Å². The number of ether oxygens (including phenoxy) is 1. The van der Waals surface area contributed by atoms with Crippen LogP contribution in [0.2, 0.25) is 0 Å². The van der Waals surface area contributed by atoms with Crippen molar-refractivity contribution in [2.24, 2.45) is 11.8 Å². The fraction of sp³-hybridized carbons (Fsp3) is 0.394. The first-order chi connectivity index (χ1) is 18.6. The highest BCUT2D eigenvalue weighted by Crippen LogP contribution is 2.31. The molecule has 0 amide bonds. The number of likely N-dealkylation sites (tertiary alicyclic amines) is 1. The molecule has 0 radical (unpaired) electrons. The minimum atomic E-state index is 0.0193. The molecular weight excluding hydrogens is 470 g/mol. The molecular formula is C33H39N3O2. The van der Waals surface area contributed by atoms with Crippen molar-refractivity contribution in [2.75, 3.05) is 26.7 Å². The number of hydrogen-bond donors (Lipinski definition) is 0. The second-order valence-electron chi connectivity index (χ2n) is 10.6. The first kappa shape index (κ1) is 26.2. The Labute approximate surface area is 226 Å². The molecule has 3 aromatic carbocycles. The molecule has 1 saturated heterocycles. The van der Waals surface area contributed by atoms with Crippen molar-refractivity contribution in [1.82, 2.24) is 14.5 Å². The molecule has 0 N–H and O–H groups in total. The van der Waals surface area contributed by atoms with Crippen molar-refractivity contribution in [3.05, 3.63) is 83.2 Å². The highest BCUT2D eigenvalue weighted by Gasteiger charge is 2.25. The molecule has 2 heterocycles. The van der Waals surface area contributed by atoms with Crippen molar-refractivity contribution >= 4 is 10.9 Å². The lowest BCUT2D eigenvalue weighted by atomic mass is 9.95. The van der Waals surface area contributed by atoms with Crippen LogP contribution >= 0.6 is 0 Å². The van der Waals surface area contributed by atoms with Crippen LogP contribution in [0, 0.1) is 11.8 Å². The van der Waals surface area contributed by atoms with Crippen LogP contribution in [0.1, 0.15) is 39.5 Å². The summed E-state index contributed by atoms with van der Waals surface area (Å²) in [6.45, 7) is 8.56. The smallest absolute Gasteiger partial charge is 0.261 e. The zero-order valence-electron chi connectivity index (χ0n) is 22.9. The second-order valence-corrected chi connectivity index (χ2v) is 10.6. The third kappa shape index (κ3) is 5.53. The highest BCUT2D eigenvalue weighted by molar-refractivity contribution is 5.85. The van der Waals surface area contributed by atoms with Gasteiger partial charge in [0, 0.05) is 19.6 Å². The van der Waals surface area contributed by atoms with Gasteiger partial charge in [-0.05, 0) is 66.6 Å². The Morgan fingerprint density at radius 3 is 2.50 bits per heavy atom.